The predicted octanol–water partition coefficient (Wildman–Crippen LogP) is 3.96. The third-order valence-electron chi connectivity index (χ3n) is 2.92. The molecule has 2 heteroatoms. The van der Waals surface area contributed by atoms with E-state index in [0.29, 0.717) is 17.0 Å². The van der Waals surface area contributed by atoms with Crippen molar-refractivity contribution in [2.45, 2.75) is 46.1 Å². The summed E-state index contributed by atoms with van der Waals surface area (Å²) in [6, 6.07) is 5.27. The zero-order valence-electron chi connectivity index (χ0n) is 10.5. The van der Waals surface area contributed by atoms with E-state index in [9.17, 15) is 4.39 Å². The summed E-state index contributed by atoms with van der Waals surface area (Å²) in [5.41, 5.74) is 7.34. The van der Waals surface area contributed by atoms with Gasteiger partial charge in [0.15, 0.2) is 0 Å². The summed E-state index contributed by atoms with van der Waals surface area (Å²) in [5, 5.41) is 0. The van der Waals surface area contributed by atoms with Gasteiger partial charge in [0.05, 0.1) is 0 Å². The lowest BCUT2D eigenvalue weighted by atomic mass is 9.97. The normalized spacial score (nSPS) is 13.1. The molecule has 0 fully saturated rings. The molecule has 16 heavy (non-hydrogen) atoms. The van der Waals surface area contributed by atoms with Crippen molar-refractivity contribution in [3.05, 3.63) is 35.1 Å². The van der Waals surface area contributed by atoms with Crippen molar-refractivity contribution in [3.8, 4) is 0 Å². The first-order chi connectivity index (χ1) is 7.52. The zero-order chi connectivity index (χ0) is 12.1. The van der Waals surface area contributed by atoms with Crippen LogP contribution >= 0.6 is 0 Å². The number of hydrogen-bond donors (Lipinski definition) is 1. The molecule has 1 atom stereocenters. The van der Waals surface area contributed by atoms with E-state index in [4.69, 9.17) is 5.73 Å². The highest BCUT2D eigenvalue weighted by molar-refractivity contribution is 5.27. The minimum atomic E-state index is -0.168. The second-order valence-electron chi connectivity index (χ2n) is 4.91. The van der Waals surface area contributed by atoms with Gasteiger partial charge in [0.2, 0.25) is 0 Å². The van der Waals surface area contributed by atoms with Gasteiger partial charge in [-0.15, -0.1) is 0 Å². The van der Waals surface area contributed by atoms with Crippen LogP contribution in [0.4, 0.5) is 4.39 Å². The van der Waals surface area contributed by atoms with Crippen molar-refractivity contribution >= 4 is 0 Å². The zero-order valence-corrected chi connectivity index (χ0v) is 10.5. The average Bonchev–Trinajstić information content (AvgIpc) is 2.21. The van der Waals surface area contributed by atoms with Crippen LogP contribution < -0.4 is 5.73 Å². The molecule has 1 aromatic carbocycles. The van der Waals surface area contributed by atoms with Crippen LogP contribution in [0.15, 0.2) is 18.2 Å². The number of rotatable bonds is 5. The molecule has 1 aromatic rings. The summed E-state index contributed by atoms with van der Waals surface area (Å²) in [7, 11) is 0. The van der Waals surface area contributed by atoms with E-state index in [-0.39, 0.29) is 11.9 Å². The first-order valence-electron chi connectivity index (χ1n) is 6.03. The van der Waals surface area contributed by atoms with Gasteiger partial charge in [-0.25, -0.2) is 4.39 Å². The van der Waals surface area contributed by atoms with Gasteiger partial charge in [0, 0.05) is 11.6 Å². The Morgan fingerprint density at radius 3 is 2.56 bits per heavy atom. The molecule has 1 rings (SSSR count). The van der Waals surface area contributed by atoms with Gasteiger partial charge in [0.25, 0.3) is 0 Å². The summed E-state index contributed by atoms with van der Waals surface area (Å²) in [6.45, 7) is 6.16. The average molecular weight is 223 g/mol. The van der Waals surface area contributed by atoms with Gasteiger partial charge in [-0.3, -0.25) is 0 Å². The molecule has 0 saturated carbocycles. The topological polar surface area (TPSA) is 26.0 Å². The summed E-state index contributed by atoms with van der Waals surface area (Å²) >= 11 is 0. The van der Waals surface area contributed by atoms with E-state index in [1.54, 1.807) is 19.1 Å². The second-order valence-corrected chi connectivity index (χ2v) is 4.91. The molecule has 0 bridgehead atoms. The van der Waals surface area contributed by atoms with Crippen LogP contribution in [0.2, 0.25) is 0 Å². The molecule has 90 valence electrons. The third-order valence-corrected chi connectivity index (χ3v) is 2.92. The molecule has 0 aliphatic carbocycles. The highest BCUT2D eigenvalue weighted by atomic mass is 19.1. The molecule has 0 saturated heterocycles. The SMILES string of the molecule is Cc1cccc(C(N)CCCC(C)C)c1F. The lowest BCUT2D eigenvalue weighted by molar-refractivity contribution is 0.491. The van der Waals surface area contributed by atoms with Gasteiger partial charge >= 0.3 is 0 Å². The molecule has 0 heterocycles. The van der Waals surface area contributed by atoms with Crippen molar-refractivity contribution in [2.24, 2.45) is 11.7 Å². The Balaban J connectivity index is 2.59. The Morgan fingerprint density at radius 2 is 1.94 bits per heavy atom. The van der Waals surface area contributed by atoms with E-state index >= 15 is 0 Å². The van der Waals surface area contributed by atoms with Crippen molar-refractivity contribution < 1.29 is 4.39 Å². The van der Waals surface area contributed by atoms with Crippen molar-refractivity contribution in [1.29, 1.82) is 0 Å². The molecule has 2 N–H and O–H groups in total. The fourth-order valence-corrected chi connectivity index (χ4v) is 1.86. The van der Waals surface area contributed by atoms with Gasteiger partial charge in [-0.05, 0) is 24.8 Å². The van der Waals surface area contributed by atoms with Gasteiger partial charge in [0.1, 0.15) is 5.82 Å². The highest BCUT2D eigenvalue weighted by Crippen LogP contribution is 2.22. The molecular formula is C14H22FN. The maximum atomic E-state index is 13.8. The summed E-state index contributed by atoms with van der Waals surface area (Å²) in [6.07, 6.45) is 3.08. The Morgan fingerprint density at radius 1 is 1.25 bits per heavy atom. The maximum absolute atomic E-state index is 13.8. The molecule has 0 amide bonds. The third kappa shape index (κ3) is 3.60. The van der Waals surface area contributed by atoms with Crippen LogP contribution in [-0.2, 0) is 0 Å². The van der Waals surface area contributed by atoms with Crippen LogP contribution in [0, 0.1) is 18.7 Å². The number of hydrogen-bond acceptors (Lipinski definition) is 1. The predicted molar refractivity (Wildman–Crippen MR) is 66.8 cm³/mol. The Bertz CT molecular complexity index is 334. The van der Waals surface area contributed by atoms with E-state index in [1.165, 1.54) is 0 Å². The first-order valence-corrected chi connectivity index (χ1v) is 6.03. The van der Waals surface area contributed by atoms with Crippen LogP contribution in [-0.4, -0.2) is 0 Å². The fourth-order valence-electron chi connectivity index (χ4n) is 1.86. The Hall–Kier alpha value is -0.890. The van der Waals surface area contributed by atoms with E-state index in [2.05, 4.69) is 13.8 Å². The minimum Gasteiger partial charge on any atom is -0.324 e. The van der Waals surface area contributed by atoms with Crippen LogP contribution in [0.1, 0.15) is 50.3 Å². The second kappa shape index (κ2) is 6.00. The largest absolute Gasteiger partial charge is 0.324 e. The van der Waals surface area contributed by atoms with Crippen molar-refractivity contribution in [3.63, 3.8) is 0 Å². The van der Waals surface area contributed by atoms with Crippen LogP contribution in [0.5, 0.6) is 0 Å². The quantitative estimate of drug-likeness (QED) is 0.803. The van der Waals surface area contributed by atoms with Crippen molar-refractivity contribution in [1.82, 2.24) is 0 Å². The lowest BCUT2D eigenvalue weighted by Crippen LogP contribution is -2.13. The Kier molecular flexibility index (Phi) is 4.94. The van der Waals surface area contributed by atoms with Crippen LogP contribution in [0.3, 0.4) is 0 Å². The lowest BCUT2D eigenvalue weighted by Gasteiger charge is -2.14. The van der Waals surface area contributed by atoms with Crippen LogP contribution in [0.25, 0.3) is 0 Å². The Labute approximate surface area is 97.9 Å². The van der Waals surface area contributed by atoms with E-state index in [0.717, 1.165) is 19.3 Å². The van der Waals surface area contributed by atoms with Gasteiger partial charge in [-0.2, -0.15) is 0 Å². The standard InChI is InChI=1S/C14H22FN/c1-10(2)6-4-9-13(16)12-8-5-7-11(3)14(12)15/h5,7-8,10,13H,4,6,9,16H2,1-3H3. The molecule has 0 radical (unpaired) electrons. The molecular weight excluding hydrogens is 201 g/mol. The monoisotopic (exact) mass is 223 g/mol. The van der Waals surface area contributed by atoms with E-state index < -0.39 is 0 Å². The first kappa shape index (κ1) is 13.2. The maximum Gasteiger partial charge on any atom is 0.130 e. The molecule has 0 aliphatic rings. The number of nitrogens with two attached hydrogens (primary N) is 1. The van der Waals surface area contributed by atoms with Gasteiger partial charge in [-0.1, -0.05) is 44.9 Å². The molecule has 0 spiro atoms. The fraction of sp³-hybridized carbons (Fsp3) is 0.571. The molecule has 0 aromatic heterocycles. The number of benzene rings is 1. The molecule has 0 aliphatic heterocycles. The van der Waals surface area contributed by atoms with Crippen molar-refractivity contribution in [2.75, 3.05) is 0 Å². The minimum absolute atomic E-state index is 0.139. The summed E-state index contributed by atoms with van der Waals surface area (Å²) in [4.78, 5) is 0. The van der Waals surface area contributed by atoms with Gasteiger partial charge < -0.3 is 5.73 Å². The molecule has 1 nitrogen and oxygen atoms in total. The summed E-state index contributed by atoms with van der Waals surface area (Å²) in [5.74, 6) is 0.550. The summed E-state index contributed by atoms with van der Waals surface area (Å²) < 4.78 is 13.8. The number of halogens is 1. The number of aryl methyl sites for hydroxylation is 1. The molecule has 1 unspecified atom stereocenters. The highest BCUT2D eigenvalue weighted by Gasteiger charge is 2.12. The van der Waals surface area contributed by atoms with E-state index in [1.807, 2.05) is 6.07 Å². The smallest absolute Gasteiger partial charge is 0.130 e.